The van der Waals surface area contributed by atoms with Crippen LogP contribution in [0.25, 0.3) is 0 Å². The maximum absolute atomic E-state index is 11.8. The smallest absolute Gasteiger partial charge is 0.308 e. The fraction of sp³-hybridized carbons (Fsp3) is 0.818. The summed E-state index contributed by atoms with van der Waals surface area (Å²) in [5, 5.41) is 14.5. The summed E-state index contributed by atoms with van der Waals surface area (Å²) < 4.78 is 5.26. The zero-order valence-electron chi connectivity index (χ0n) is 10.2. The molecule has 3 unspecified atom stereocenters. The Labute approximate surface area is 101 Å². The molecule has 0 bridgehead atoms. The standard InChI is InChI=1S/C11H20N2O4/c1-3-12-9-6-17-5-8(9)10(14)13-4-7(2)11(15)16/h7-9,12H,3-6H2,1-2H3,(H,13,14)(H,15,16). The summed E-state index contributed by atoms with van der Waals surface area (Å²) in [6, 6.07) is 0.0279. The van der Waals surface area contributed by atoms with Crippen molar-refractivity contribution in [2.75, 3.05) is 26.3 Å². The van der Waals surface area contributed by atoms with Crippen molar-refractivity contribution < 1.29 is 19.4 Å². The Balaban J connectivity index is 2.38. The number of aliphatic carboxylic acids is 1. The van der Waals surface area contributed by atoms with Gasteiger partial charge in [0.05, 0.1) is 25.0 Å². The molecule has 3 N–H and O–H groups in total. The van der Waals surface area contributed by atoms with E-state index in [4.69, 9.17) is 9.84 Å². The number of ether oxygens (including phenoxy) is 1. The normalized spacial score (nSPS) is 25.5. The Bertz CT molecular complexity index is 283. The molecule has 98 valence electrons. The lowest BCUT2D eigenvalue weighted by Gasteiger charge is -2.18. The van der Waals surface area contributed by atoms with Crippen LogP contribution in [0.5, 0.6) is 0 Å². The molecule has 0 saturated carbocycles. The van der Waals surface area contributed by atoms with Crippen molar-refractivity contribution in [3.05, 3.63) is 0 Å². The van der Waals surface area contributed by atoms with E-state index in [9.17, 15) is 9.59 Å². The number of hydrogen-bond acceptors (Lipinski definition) is 4. The van der Waals surface area contributed by atoms with E-state index in [0.717, 1.165) is 6.54 Å². The molecule has 1 heterocycles. The molecule has 0 aromatic heterocycles. The fourth-order valence-corrected chi connectivity index (χ4v) is 1.75. The van der Waals surface area contributed by atoms with Gasteiger partial charge in [-0.2, -0.15) is 0 Å². The number of likely N-dealkylation sites (N-methyl/N-ethyl adjacent to an activating group) is 1. The quantitative estimate of drug-likeness (QED) is 0.583. The van der Waals surface area contributed by atoms with Gasteiger partial charge in [0, 0.05) is 12.6 Å². The minimum absolute atomic E-state index is 0.0279. The van der Waals surface area contributed by atoms with Crippen molar-refractivity contribution in [2.24, 2.45) is 11.8 Å². The lowest BCUT2D eigenvalue weighted by molar-refractivity contribution is -0.141. The summed E-state index contributed by atoms with van der Waals surface area (Å²) in [6.45, 7) is 5.40. The molecule has 0 aliphatic carbocycles. The summed E-state index contributed by atoms with van der Waals surface area (Å²) in [5.74, 6) is -1.84. The first kappa shape index (κ1) is 13.9. The summed E-state index contributed by atoms with van der Waals surface area (Å²) >= 11 is 0. The van der Waals surface area contributed by atoms with Gasteiger partial charge in [-0.05, 0) is 6.54 Å². The second-order valence-electron chi connectivity index (χ2n) is 4.29. The molecule has 3 atom stereocenters. The van der Waals surface area contributed by atoms with E-state index in [0.29, 0.717) is 13.2 Å². The number of amides is 1. The molecule has 1 amide bonds. The van der Waals surface area contributed by atoms with Gasteiger partial charge in [0.2, 0.25) is 5.91 Å². The highest BCUT2D eigenvalue weighted by Gasteiger charge is 2.33. The van der Waals surface area contributed by atoms with Crippen LogP contribution < -0.4 is 10.6 Å². The van der Waals surface area contributed by atoms with E-state index in [-0.39, 0.29) is 24.4 Å². The van der Waals surface area contributed by atoms with E-state index in [2.05, 4.69) is 10.6 Å². The first-order chi connectivity index (χ1) is 8.06. The highest BCUT2D eigenvalue weighted by atomic mass is 16.5. The highest BCUT2D eigenvalue weighted by Crippen LogP contribution is 2.13. The number of carbonyl (C=O) groups is 2. The van der Waals surface area contributed by atoms with Gasteiger partial charge in [0.1, 0.15) is 0 Å². The van der Waals surface area contributed by atoms with E-state index < -0.39 is 11.9 Å². The third-order valence-electron chi connectivity index (χ3n) is 2.89. The van der Waals surface area contributed by atoms with E-state index >= 15 is 0 Å². The Morgan fingerprint density at radius 3 is 2.76 bits per heavy atom. The van der Waals surface area contributed by atoms with Crippen molar-refractivity contribution in [2.45, 2.75) is 19.9 Å². The Kier molecular flexibility index (Phi) is 5.37. The summed E-state index contributed by atoms with van der Waals surface area (Å²) in [6.07, 6.45) is 0. The van der Waals surface area contributed by atoms with Crippen LogP contribution in [0.1, 0.15) is 13.8 Å². The van der Waals surface area contributed by atoms with Crippen LogP contribution in [0.3, 0.4) is 0 Å². The van der Waals surface area contributed by atoms with Crippen LogP contribution >= 0.6 is 0 Å². The number of hydrogen-bond donors (Lipinski definition) is 3. The Morgan fingerprint density at radius 1 is 1.47 bits per heavy atom. The molecule has 1 fully saturated rings. The molecule has 0 aromatic rings. The maximum atomic E-state index is 11.8. The van der Waals surface area contributed by atoms with Gasteiger partial charge in [-0.1, -0.05) is 13.8 Å². The van der Waals surface area contributed by atoms with Gasteiger partial charge in [0.15, 0.2) is 0 Å². The zero-order valence-corrected chi connectivity index (χ0v) is 10.2. The number of carboxylic acid groups (broad SMARTS) is 1. The molecule has 17 heavy (non-hydrogen) atoms. The van der Waals surface area contributed by atoms with Gasteiger partial charge in [-0.3, -0.25) is 9.59 Å². The molecule has 1 saturated heterocycles. The van der Waals surface area contributed by atoms with Gasteiger partial charge in [-0.25, -0.2) is 0 Å². The average Bonchev–Trinajstić information content (AvgIpc) is 2.74. The molecular weight excluding hydrogens is 224 g/mol. The molecule has 1 aliphatic heterocycles. The molecule has 0 radical (unpaired) electrons. The largest absolute Gasteiger partial charge is 0.481 e. The first-order valence-corrected chi connectivity index (χ1v) is 5.87. The van der Waals surface area contributed by atoms with Crippen LogP contribution in [-0.4, -0.2) is 49.3 Å². The maximum Gasteiger partial charge on any atom is 0.308 e. The second-order valence-corrected chi connectivity index (χ2v) is 4.29. The molecule has 6 heteroatoms. The predicted molar refractivity (Wildman–Crippen MR) is 61.6 cm³/mol. The Hall–Kier alpha value is -1.14. The molecule has 0 spiro atoms. The number of nitrogens with one attached hydrogen (secondary N) is 2. The zero-order chi connectivity index (χ0) is 12.8. The van der Waals surface area contributed by atoms with Crippen molar-refractivity contribution in [1.82, 2.24) is 10.6 Å². The first-order valence-electron chi connectivity index (χ1n) is 5.87. The van der Waals surface area contributed by atoms with Gasteiger partial charge in [0.25, 0.3) is 0 Å². The number of carbonyl (C=O) groups excluding carboxylic acids is 1. The summed E-state index contributed by atoms with van der Waals surface area (Å²) in [7, 11) is 0. The third-order valence-corrected chi connectivity index (χ3v) is 2.89. The molecule has 1 aliphatic rings. The minimum atomic E-state index is -0.906. The van der Waals surface area contributed by atoms with E-state index in [1.807, 2.05) is 6.92 Å². The average molecular weight is 244 g/mol. The number of rotatable bonds is 6. The summed E-state index contributed by atoms with van der Waals surface area (Å²) in [4.78, 5) is 22.4. The Morgan fingerprint density at radius 2 is 2.18 bits per heavy atom. The molecule has 6 nitrogen and oxygen atoms in total. The van der Waals surface area contributed by atoms with Crippen LogP contribution in [0.2, 0.25) is 0 Å². The summed E-state index contributed by atoms with van der Waals surface area (Å²) in [5.41, 5.74) is 0. The van der Waals surface area contributed by atoms with Crippen LogP contribution in [-0.2, 0) is 14.3 Å². The molecular formula is C11H20N2O4. The van der Waals surface area contributed by atoms with Crippen LogP contribution in [0.15, 0.2) is 0 Å². The van der Waals surface area contributed by atoms with Gasteiger partial charge < -0.3 is 20.5 Å². The van der Waals surface area contributed by atoms with Crippen molar-refractivity contribution in [1.29, 1.82) is 0 Å². The van der Waals surface area contributed by atoms with Crippen LogP contribution in [0, 0.1) is 11.8 Å². The number of carboxylic acids is 1. The van der Waals surface area contributed by atoms with Crippen molar-refractivity contribution >= 4 is 11.9 Å². The van der Waals surface area contributed by atoms with Crippen molar-refractivity contribution in [3.63, 3.8) is 0 Å². The fourth-order valence-electron chi connectivity index (χ4n) is 1.75. The lowest BCUT2D eigenvalue weighted by atomic mass is 10.0. The monoisotopic (exact) mass is 244 g/mol. The van der Waals surface area contributed by atoms with E-state index in [1.54, 1.807) is 6.92 Å². The molecule has 0 aromatic carbocycles. The van der Waals surface area contributed by atoms with Gasteiger partial charge >= 0.3 is 5.97 Å². The van der Waals surface area contributed by atoms with Gasteiger partial charge in [-0.15, -0.1) is 0 Å². The van der Waals surface area contributed by atoms with E-state index in [1.165, 1.54) is 0 Å². The topological polar surface area (TPSA) is 87.7 Å². The third kappa shape index (κ3) is 3.98. The highest BCUT2D eigenvalue weighted by molar-refractivity contribution is 5.80. The van der Waals surface area contributed by atoms with Crippen LogP contribution in [0.4, 0.5) is 0 Å². The van der Waals surface area contributed by atoms with Crippen molar-refractivity contribution in [3.8, 4) is 0 Å². The predicted octanol–water partition coefficient (Wildman–Crippen LogP) is -0.552. The second kappa shape index (κ2) is 6.56. The SMILES string of the molecule is CCNC1COCC1C(=O)NCC(C)C(=O)O. The lowest BCUT2D eigenvalue weighted by Crippen LogP contribution is -2.45. The minimum Gasteiger partial charge on any atom is -0.481 e. The molecule has 1 rings (SSSR count).